The molecule has 9 rings (SSSR count). The second-order valence-electron chi connectivity index (χ2n) is 14.2. The third-order valence-electron chi connectivity index (χ3n) is 10.4. The first-order chi connectivity index (χ1) is 28.6. The Morgan fingerprint density at radius 3 is 0.776 bits per heavy atom. The zero-order valence-electron chi connectivity index (χ0n) is 33.9. The molecule has 0 atom stereocenters. The molecule has 0 unspecified atom stereocenters. The highest BCUT2D eigenvalue weighted by Crippen LogP contribution is 2.46. The summed E-state index contributed by atoms with van der Waals surface area (Å²) in [5.74, 6) is 0. The summed E-state index contributed by atoms with van der Waals surface area (Å²) in [5, 5.41) is 0. The van der Waals surface area contributed by atoms with Gasteiger partial charge in [-0.15, -0.1) is 0 Å². The lowest BCUT2D eigenvalue weighted by Gasteiger charge is -2.21. The van der Waals surface area contributed by atoms with Crippen LogP contribution in [0.3, 0.4) is 0 Å². The molecular formula is C58H50. The smallest absolute Gasteiger partial charge is 0.00206 e. The zero-order chi connectivity index (χ0) is 40.1. The van der Waals surface area contributed by atoms with Gasteiger partial charge < -0.3 is 0 Å². The molecule has 0 heterocycles. The van der Waals surface area contributed by atoms with Crippen molar-refractivity contribution in [1.29, 1.82) is 0 Å². The molecule has 0 saturated carbocycles. The molecule has 58 heavy (non-hydrogen) atoms. The molecule has 0 aliphatic rings. The van der Waals surface area contributed by atoms with E-state index in [9.17, 15) is 0 Å². The molecule has 0 aromatic heterocycles. The van der Waals surface area contributed by atoms with Gasteiger partial charge in [-0.2, -0.15) is 0 Å². The molecule has 0 amide bonds. The van der Waals surface area contributed by atoms with Crippen LogP contribution in [-0.4, -0.2) is 0 Å². The molecule has 282 valence electrons. The number of benzene rings is 9. The van der Waals surface area contributed by atoms with Crippen LogP contribution in [0.25, 0.3) is 77.9 Å². The number of hydrogen-bond acceptors (Lipinski definition) is 0. The van der Waals surface area contributed by atoms with Crippen molar-refractivity contribution in [2.75, 3.05) is 0 Å². The van der Waals surface area contributed by atoms with Crippen molar-refractivity contribution < 1.29 is 0 Å². The van der Waals surface area contributed by atoms with Crippen LogP contribution in [0.15, 0.2) is 231 Å². The summed E-state index contributed by atoms with van der Waals surface area (Å²) in [6.45, 7) is 8.19. The molecule has 0 heteroatoms. The van der Waals surface area contributed by atoms with E-state index in [0.717, 1.165) is 0 Å². The lowest BCUT2D eigenvalue weighted by molar-refractivity contribution is 1.40. The predicted molar refractivity (Wildman–Crippen MR) is 252 cm³/mol. The molecule has 0 nitrogen and oxygen atoms in total. The van der Waals surface area contributed by atoms with Crippen molar-refractivity contribution in [3.05, 3.63) is 242 Å². The third-order valence-corrected chi connectivity index (χ3v) is 10.4. The molecular weight excluding hydrogens is 697 g/mol. The van der Waals surface area contributed by atoms with Gasteiger partial charge in [0, 0.05) is 0 Å². The molecule has 0 N–H and O–H groups in total. The Balaban J connectivity index is 0.000000454. The van der Waals surface area contributed by atoms with Gasteiger partial charge in [-0.3, -0.25) is 0 Å². The van der Waals surface area contributed by atoms with Gasteiger partial charge in [0.15, 0.2) is 0 Å². The SMILES string of the molecule is CC.Cc1ccc(C)cc1.c1ccc(-c2cccc(-c3ccc(-c4c(-c5ccccc5)ccc(-c5ccccc5)c4-c4ccccc4)cc3)c2-c2ccccc2)cc1. The summed E-state index contributed by atoms with van der Waals surface area (Å²) in [6.07, 6.45) is 0. The van der Waals surface area contributed by atoms with Gasteiger partial charge in [-0.05, 0) is 91.7 Å². The Morgan fingerprint density at radius 1 is 0.190 bits per heavy atom. The lowest BCUT2D eigenvalue weighted by Crippen LogP contribution is -1.95. The van der Waals surface area contributed by atoms with Crippen molar-refractivity contribution in [3.63, 3.8) is 0 Å². The van der Waals surface area contributed by atoms with E-state index in [0.29, 0.717) is 0 Å². The van der Waals surface area contributed by atoms with E-state index in [1.807, 2.05) is 13.8 Å². The molecule has 0 fully saturated rings. The van der Waals surface area contributed by atoms with Crippen LogP contribution < -0.4 is 0 Å². The van der Waals surface area contributed by atoms with E-state index >= 15 is 0 Å². The first kappa shape index (κ1) is 39.2. The fourth-order valence-corrected chi connectivity index (χ4v) is 7.54. The highest BCUT2D eigenvalue weighted by atomic mass is 14.2. The predicted octanol–water partition coefficient (Wildman–Crippen LogP) is 16.7. The fraction of sp³-hybridized carbons (Fsp3) is 0.0690. The summed E-state index contributed by atoms with van der Waals surface area (Å²) in [5.41, 5.74) is 19.7. The van der Waals surface area contributed by atoms with Crippen LogP contribution in [-0.2, 0) is 0 Å². The second kappa shape index (κ2) is 19.2. The molecule has 0 aliphatic heterocycles. The van der Waals surface area contributed by atoms with Gasteiger partial charge in [0.2, 0.25) is 0 Å². The van der Waals surface area contributed by atoms with Gasteiger partial charge in [-0.25, -0.2) is 0 Å². The quantitative estimate of drug-likeness (QED) is 0.152. The summed E-state index contributed by atoms with van der Waals surface area (Å²) < 4.78 is 0. The maximum atomic E-state index is 2.31. The van der Waals surface area contributed by atoms with Crippen LogP contribution in [0.5, 0.6) is 0 Å². The van der Waals surface area contributed by atoms with E-state index in [-0.39, 0.29) is 0 Å². The Morgan fingerprint density at radius 2 is 0.431 bits per heavy atom. The van der Waals surface area contributed by atoms with Crippen molar-refractivity contribution in [2.24, 2.45) is 0 Å². The van der Waals surface area contributed by atoms with Gasteiger partial charge in [0.05, 0.1) is 0 Å². The first-order valence-corrected chi connectivity index (χ1v) is 20.4. The summed E-state index contributed by atoms with van der Waals surface area (Å²) in [6, 6.07) is 82.8. The molecule has 0 spiro atoms. The third kappa shape index (κ3) is 8.99. The summed E-state index contributed by atoms with van der Waals surface area (Å²) in [7, 11) is 0. The Bertz CT molecular complexity index is 2600. The average molecular weight is 747 g/mol. The molecule has 0 radical (unpaired) electrons. The van der Waals surface area contributed by atoms with Gasteiger partial charge in [0.25, 0.3) is 0 Å². The number of rotatable bonds is 7. The van der Waals surface area contributed by atoms with Crippen molar-refractivity contribution >= 4 is 0 Å². The van der Waals surface area contributed by atoms with Gasteiger partial charge in [-0.1, -0.05) is 255 Å². The minimum absolute atomic E-state index is 1.19. The van der Waals surface area contributed by atoms with E-state index in [1.54, 1.807) is 0 Å². The summed E-state index contributed by atoms with van der Waals surface area (Å²) >= 11 is 0. The highest BCUT2D eigenvalue weighted by molar-refractivity contribution is 6.02. The monoisotopic (exact) mass is 746 g/mol. The second-order valence-corrected chi connectivity index (χ2v) is 14.2. The van der Waals surface area contributed by atoms with Crippen LogP contribution >= 0.6 is 0 Å². The van der Waals surface area contributed by atoms with Crippen molar-refractivity contribution in [1.82, 2.24) is 0 Å². The standard InChI is InChI=1S/C48H34.C8H10.C2H6/c1-6-17-35(18-7-1)42-27-16-28-43(46(42)39-23-12-4-13-24-39)38-29-31-41(32-30-38)48-45(37-21-10-3-11-22-37)34-33-44(36-19-8-2-9-20-36)47(48)40-25-14-5-15-26-40;1-7-3-5-8(2)6-4-7;1-2/h1-34H;3-6H,1-2H3;1-2H3. The molecule has 0 bridgehead atoms. The van der Waals surface area contributed by atoms with Crippen molar-refractivity contribution in [3.8, 4) is 77.9 Å². The number of aryl methyl sites for hydroxylation is 2. The van der Waals surface area contributed by atoms with E-state index in [4.69, 9.17) is 0 Å². The van der Waals surface area contributed by atoms with Gasteiger partial charge in [0.1, 0.15) is 0 Å². The maximum Gasteiger partial charge on any atom is -0.00206 e. The van der Waals surface area contributed by atoms with Crippen LogP contribution in [0.4, 0.5) is 0 Å². The molecule has 9 aromatic rings. The fourth-order valence-electron chi connectivity index (χ4n) is 7.54. The lowest BCUT2D eigenvalue weighted by atomic mass is 9.82. The topological polar surface area (TPSA) is 0 Å². The Hall–Kier alpha value is -7.02. The molecule has 9 aromatic carbocycles. The minimum Gasteiger partial charge on any atom is -0.0683 e. The van der Waals surface area contributed by atoms with Crippen LogP contribution in [0.1, 0.15) is 25.0 Å². The minimum atomic E-state index is 1.19. The highest BCUT2D eigenvalue weighted by Gasteiger charge is 2.20. The van der Waals surface area contributed by atoms with Gasteiger partial charge >= 0.3 is 0 Å². The molecule has 0 aliphatic carbocycles. The van der Waals surface area contributed by atoms with Crippen molar-refractivity contribution in [2.45, 2.75) is 27.7 Å². The van der Waals surface area contributed by atoms with E-state index in [1.165, 1.54) is 89.0 Å². The average Bonchev–Trinajstić information content (AvgIpc) is 3.31. The Labute approximate surface area is 345 Å². The zero-order valence-corrected chi connectivity index (χ0v) is 33.9. The Kier molecular flexibility index (Phi) is 13.0. The van der Waals surface area contributed by atoms with E-state index in [2.05, 4.69) is 244 Å². The largest absolute Gasteiger partial charge is 0.0683 e. The van der Waals surface area contributed by atoms with Crippen LogP contribution in [0, 0.1) is 13.8 Å². The number of hydrogen-bond donors (Lipinski definition) is 0. The van der Waals surface area contributed by atoms with E-state index < -0.39 is 0 Å². The van der Waals surface area contributed by atoms with Crippen LogP contribution in [0.2, 0.25) is 0 Å². The first-order valence-electron chi connectivity index (χ1n) is 20.4. The normalized spacial score (nSPS) is 10.4. The maximum absolute atomic E-state index is 2.31. The molecule has 0 saturated heterocycles. The summed E-state index contributed by atoms with van der Waals surface area (Å²) in [4.78, 5) is 0.